The Morgan fingerprint density at radius 1 is 1.75 bits per heavy atom. The third kappa shape index (κ3) is 3.45. The quantitative estimate of drug-likeness (QED) is 0.670. The largest absolute Gasteiger partial charge is 0.383 e. The summed E-state index contributed by atoms with van der Waals surface area (Å²) in [7, 11) is 1.71. The van der Waals surface area contributed by atoms with E-state index in [0.717, 1.165) is 30.8 Å². The molecule has 0 saturated heterocycles. The standard InChI is InChI=1S/C8H16N2OS/c1-7-5-10-8(12-6-7)9-3-4-11-2/h7H,3-6H2,1-2H3,(H,9,10). The molecule has 4 heteroatoms. The molecule has 0 aromatic rings. The van der Waals surface area contributed by atoms with Crippen molar-refractivity contribution in [1.29, 1.82) is 0 Å². The van der Waals surface area contributed by atoms with Crippen molar-refractivity contribution in [2.24, 2.45) is 10.9 Å². The van der Waals surface area contributed by atoms with Gasteiger partial charge in [0.05, 0.1) is 6.61 Å². The van der Waals surface area contributed by atoms with E-state index in [1.165, 1.54) is 5.75 Å². The van der Waals surface area contributed by atoms with Crippen molar-refractivity contribution in [2.45, 2.75) is 6.92 Å². The molecule has 1 aliphatic heterocycles. The maximum absolute atomic E-state index is 4.93. The molecule has 0 bridgehead atoms. The lowest BCUT2D eigenvalue weighted by atomic mass is 10.2. The van der Waals surface area contributed by atoms with Crippen LogP contribution in [0.4, 0.5) is 0 Å². The van der Waals surface area contributed by atoms with Gasteiger partial charge in [0.1, 0.15) is 0 Å². The third-order valence-corrected chi connectivity index (χ3v) is 2.92. The van der Waals surface area contributed by atoms with Gasteiger partial charge in [-0.05, 0) is 5.92 Å². The van der Waals surface area contributed by atoms with E-state index in [2.05, 4.69) is 17.2 Å². The van der Waals surface area contributed by atoms with Crippen molar-refractivity contribution in [3.8, 4) is 0 Å². The first-order chi connectivity index (χ1) is 5.83. The molecule has 1 unspecified atom stereocenters. The van der Waals surface area contributed by atoms with Gasteiger partial charge in [0.15, 0.2) is 5.17 Å². The number of nitrogens with zero attached hydrogens (tertiary/aromatic N) is 1. The number of methoxy groups -OCH3 is 1. The van der Waals surface area contributed by atoms with Crippen molar-refractivity contribution in [3.63, 3.8) is 0 Å². The normalized spacial score (nSPS) is 23.5. The molecule has 0 spiro atoms. The molecule has 1 rings (SSSR count). The fourth-order valence-electron chi connectivity index (χ4n) is 0.925. The van der Waals surface area contributed by atoms with E-state index in [1.54, 1.807) is 18.9 Å². The summed E-state index contributed by atoms with van der Waals surface area (Å²) in [4.78, 5) is 4.40. The summed E-state index contributed by atoms with van der Waals surface area (Å²) in [6.45, 7) is 4.79. The molecular weight excluding hydrogens is 172 g/mol. The van der Waals surface area contributed by atoms with E-state index in [-0.39, 0.29) is 0 Å². The average molecular weight is 188 g/mol. The van der Waals surface area contributed by atoms with Crippen molar-refractivity contribution in [1.82, 2.24) is 5.32 Å². The molecule has 0 saturated carbocycles. The Kier molecular flexibility index (Phi) is 4.46. The minimum Gasteiger partial charge on any atom is -0.383 e. The van der Waals surface area contributed by atoms with Gasteiger partial charge < -0.3 is 10.1 Å². The molecule has 3 nitrogen and oxygen atoms in total. The van der Waals surface area contributed by atoms with Gasteiger partial charge in [-0.2, -0.15) is 0 Å². The molecule has 1 heterocycles. The van der Waals surface area contributed by atoms with Crippen molar-refractivity contribution in [2.75, 3.05) is 32.6 Å². The summed E-state index contributed by atoms with van der Waals surface area (Å²) in [5.41, 5.74) is 0. The molecule has 0 amide bonds. The highest BCUT2D eigenvalue weighted by molar-refractivity contribution is 8.13. The van der Waals surface area contributed by atoms with Crippen molar-refractivity contribution < 1.29 is 4.74 Å². The highest BCUT2D eigenvalue weighted by atomic mass is 32.2. The van der Waals surface area contributed by atoms with Gasteiger partial charge in [-0.3, -0.25) is 4.99 Å². The van der Waals surface area contributed by atoms with Gasteiger partial charge in [0.2, 0.25) is 0 Å². The van der Waals surface area contributed by atoms with Crippen LogP contribution in [0.25, 0.3) is 0 Å². The Labute approximate surface area is 78.0 Å². The molecule has 0 aromatic heterocycles. The highest BCUT2D eigenvalue weighted by Gasteiger charge is 2.10. The zero-order valence-corrected chi connectivity index (χ0v) is 8.49. The van der Waals surface area contributed by atoms with Gasteiger partial charge in [0.25, 0.3) is 0 Å². The molecule has 1 N–H and O–H groups in total. The van der Waals surface area contributed by atoms with Crippen LogP contribution in [0, 0.1) is 5.92 Å². The summed E-state index contributed by atoms with van der Waals surface area (Å²) in [6, 6.07) is 0. The fraction of sp³-hybridized carbons (Fsp3) is 0.875. The zero-order valence-electron chi connectivity index (χ0n) is 7.67. The smallest absolute Gasteiger partial charge is 0.156 e. The summed E-state index contributed by atoms with van der Waals surface area (Å²) in [6.07, 6.45) is 0. The lowest BCUT2D eigenvalue weighted by Gasteiger charge is -2.17. The zero-order chi connectivity index (χ0) is 8.81. The number of hydrogen-bond acceptors (Lipinski definition) is 4. The Morgan fingerprint density at radius 3 is 3.17 bits per heavy atom. The fourth-order valence-corrected chi connectivity index (χ4v) is 1.84. The first kappa shape index (κ1) is 9.86. The first-order valence-electron chi connectivity index (χ1n) is 4.23. The van der Waals surface area contributed by atoms with Gasteiger partial charge in [-0.25, -0.2) is 0 Å². The minimum atomic E-state index is 0.725. The van der Waals surface area contributed by atoms with Gasteiger partial charge in [-0.1, -0.05) is 18.7 Å². The maximum Gasteiger partial charge on any atom is 0.156 e. The van der Waals surface area contributed by atoms with E-state index in [0.29, 0.717) is 0 Å². The van der Waals surface area contributed by atoms with Crippen LogP contribution in [0.15, 0.2) is 4.99 Å². The molecule has 1 atom stereocenters. The van der Waals surface area contributed by atoms with Crippen LogP contribution < -0.4 is 5.32 Å². The van der Waals surface area contributed by atoms with E-state index >= 15 is 0 Å². The number of amidine groups is 1. The Hall–Kier alpha value is -0.220. The van der Waals surface area contributed by atoms with Gasteiger partial charge in [0, 0.05) is 26.0 Å². The Balaban J connectivity index is 2.15. The molecule has 1 aliphatic rings. The first-order valence-corrected chi connectivity index (χ1v) is 5.21. The molecule has 70 valence electrons. The molecule has 0 aromatic carbocycles. The highest BCUT2D eigenvalue weighted by Crippen LogP contribution is 2.15. The molecule has 0 aliphatic carbocycles. The Morgan fingerprint density at radius 2 is 2.58 bits per heavy atom. The lowest BCUT2D eigenvalue weighted by molar-refractivity contribution is 0.204. The number of ether oxygens (including phenoxy) is 1. The summed E-state index contributed by atoms with van der Waals surface area (Å²) < 4.78 is 4.93. The number of rotatable bonds is 3. The van der Waals surface area contributed by atoms with Gasteiger partial charge in [-0.15, -0.1) is 0 Å². The Bertz CT molecular complexity index is 161. The second-order valence-corrected chi connectivity index (χ2v) is 3.99. The van der Waals surface area contributed by atoms with Crippen LogP contribution in [0.2, 0.25) is 0 Å². The topological polar surface area (TPSA) is 33.6 Å². The molecular formula is C8H16N2OS. The predicted octanol–water partition coefficient (Wildman–Crippen LogP) is 0.961. The summed E-state index contributed by atoms with van der Waals surface area (Å²) in [5, 5.41) is 4.31. The lowest BCUT2D eigenvalue weighted by Crippen LogP contribution is -2.28. The van der Waals surface area contributed by atoms with Crippen LogP contribution in [0.3, 0.4) is 0 Å². The number of aliphatic imine (C=N–C) groups is 1. The maximum atomic E-state index is 4.93. The second-order valence-electron chi connectivity index (χ2n) is 2.98. The van der Waals surface area contributed by atoms with Crippen LogP contribution in [-0.4, -0.2) is 37.7 Å². The molecule has 0 fully saturated rings. The van der Waals surface area contributed by atoms with Crippen LogP contribution in [0.5, 0.6) is 0 Å². The monoisotopic (exact) mass is 188 g/mol. The van der Waals surface area contributed by atoms with E-state index in [4.69, 9.17) is 4.74 Å². The molecule has 12 heavy (non-hydrogen) atoms. The van der Waals surface area contributed by atoms with Crippen molar-refractivity contribution >= 4 is 16.9 Å². The van der Waals surface area contributed by atoms with Crippen LogP contribution >= 0.6 is 11.8 Å². The van der Waals surface area contributed by atoms with E-state index < -0.39 is 0 Å². The average Bonchev–Trinajstić information content (AvgIpc) is 2.09. The number of nitrogens with one attached hydrogen (secondary N) is 1. The van der Waals surface area contributed by atoms with Gasteiger partial charge >= 0.3 is 0 Å². The van der Waals surface area contributed by atoms with E-state index in [1.807, 2.05) is 0 Å². The second kappa shape index (κ2) is 5.43. The summed E-state index contributed by atoms with van der Waals surface area (Å²) in [5.74, 6) is 1.90. The van der Waals surface area contributed by atoms with Crippen molar-refractivity contribution in [3.05, 3.63) is 0 Å². The minimum absolute atomic E-state index is 0.725. The number of thioether (sulfide) groups is 1. The third-order valence-electron chi connectivity index (χ3n) is 1.63. The van der Waals surface area contributed by atoms with E-state index in [9.17, 15) is 0 Å². The predicted molar refractivity (Wildman–Crippen MR) is 53.8 cm³/mol. The number of hydrogen-bond donors (Lipinski definition) is 1. The van der Waals surface area contributed by atoms with Crippen LogP contribution in [0.1, 0.15) is 6.92 Å². The molecule has 0 radical (unpaired) electrons. The SMILES string of the molecule is COCCNC1=NCC(C)CS1. The van der Waals surface area contributed by atoms with Crippen LogP contribution in [-0.2, 0) is 4.74 Å². The summed E-state index contributed by atoms with van der Waals surface area (Å²) >= 11 is 1.81.